The van der Waals surface area contributed by atoms with Crippen molar-refractivity contribution in [2.75, 3.05) is 36.0 Å². The molecule has 3 heteroatoms. The molecule has 2 aromatic carbocycles. The Bertz CT molecular complexity index is 891. The molecule has 136 valence electrons. The molecular weight excluding hydrogens is 330 g/mol. The third-order valence-corrected chi connectivity index (χ3v) is 5.29. The first-order valence-corrected chi connectivity index (χ1v) is 9.47. The van der Waals surface area contributed by atoms with E-state index in [1.54, 1.807) is 0 Å². The van der Waals surface area contributed by atoms with Gasteiger partial charge in [-0.15, -0.1) is 0 Å². The molecule has 27 heavy (non-hydrogen) atoms. The number of rotatable bonds is 4. The molecular formula is C24H25N3. The molecule has 0 spiro atoms. The fourth-order valence-electron chi connectivity index (χ4n) is 3.57. The molecule has 1 fully saturated rings. The lowest BCUT2D eigenvalue weighted by molar-refractivity contribution is 0.653. The van der Waals surface area contributed by atoms with Crippen molar-refractivity contribution in [3.8, 4) is 0 Å². The Hall–Kier alpha value is -3.07. The van der Waals surface area contributed by atoms with Gasteiger partial charge in [-0.05, 0) is 47.9 Å². The predicted molar refractivity (Wildman–Crippen MR) is 114 cm³/mol. The van der Waals surface area contributed by atoms with Crippen LogP contribution in [0, 0.1) is 6.92 Å². The fraction of sp³-hybridized carbons (Fsp3) is 0.208. The van der Waals surface area contributed by atoms with Gasteiger partial charge in [0.1, 0.15) is 0 Å². The van der Waals surface area contributed by atoms with E-state index in [0.717, 1.165) is 31.8 Å². The lowest BCUT2D eigenvalue weighted by Crippen LogP contribution is -2.46. The molecule has 0 N–H and O–H groups in total. The summed E-state index contributed by atoms with van der Waals surface area (Å²) in [7, 11) is 0. The number of piperazine rings is 1. The zero-order chi connectivity index (χ0) is 18.6. The molecule has 0 saturated carbocycles. The van der Waals surface area contributed by atoms with E-state index in [-0.39, 0.29) is 0 Å². The van der Waals surface area contributed by atoms with E-state index in [2.05, 4.69) is 89.0 Å². The molecule has 2 heterocycles. The van der Waals surface area contributed by atoms with Crippen LogP contribution in [0.3, 0.4) is 0 Å². The van der Waals surface area contributed by atoms with Crippen LogP contribution in [-0.2, 0) is 0 Å². The van der Waals surface area contributed by atoms with Crippen LogP contribution in [0.15, 0.2) is 79.6 Å². The van der Waals surface area contributed by atoms with Gasteiger partial charge >= 0.3 is 0 Å². The highest BCUT2D eigenvalue weighted by atomic mass is 15.3. The van der Waals surface area contributed by atoms with Crippen molar-refractivity contribution >= 4 is 16.9 Å². The molecule has 3 nitrogen and oxygen atoms in total. The zero-order valence-electron chi connectivity index (χ0n) is 15.8. The number of anilines is 2. The molecule has 1 aromatic heterocycles. The summed E-state index contributed by atoms with van der Waals surface area (Å²) in [5.41, 5.74) is 7.24. The normalized spacial score (nSPS) is 14.3. The molecule has 1 aliphatic heterocycles. The van der Waals surface area contributed by atoms with Gasteiger partial charge in [-0.25, -0.2) is 0 Å². The molecule has 3 aromatic rings. The second-order valence-electron chi connectivity index (χ2n) is 7.07. The lowest BCUT2D eigenvalue weighted by atomic mass is 9.98. The van der Waals surface area contributed by atoms with E-state index >= 15 is 0 Å². The Labute approximate surface area is 161 Å². The van der Waals surface area contributed by atoms with Crippen molar-refractivity contribution in [3.05, 3.63) is 96.3 Å². The van der Waals surface area contributed by atoms with Gasteiger partial charge in [0.25, 0.3) is 0 Å². The van der Waals surface area contributed by atoms with Crippen LogP contribution in [-0.4, -0.2) is 31.2 Å². The van der Waals surface area contributed by atoms with E-state index in [1.807, 2.05) is 12.4 Å². The predicted octanol–water partition coefficient (Wildman–Crippen LogP) is 4.78. The summed E-state index contributed by atoms with van der Waals surface area (Å²) < 4.78 is 0. The van der Waals surface area contributed by atoms with Crippen molar-refractivity contribution in [3.63, 3.8) is 0 Å². The Kier molecular flexibility index (Phi) is 4.93. The van der Waals surface area contributed by atoms with Crippen LogP contribution in [0.25, 0.3) is 5.57 Å². The summed E-state index contributed by atoms with van der Waals surface area (Å²) in [6.45, 7) is 10.5. The minimum Gasteiger partial charge on any atom is -0.368 e. The van der Waals surface area contributed by atoms with Crippen LogP contribution in [0.5, 0.6) is 0 Å². The molecule has 0 amide bonds. The minimum atomic E-state index is 1.03. The van der Waals surface area contributed by atoms with Crippen molar-refractivity contribution < 1.29 is 0 Å². The number of hydrogen-bond acceptors (Lipinski definition) is 3. The van der Waals surface area contributed by atoms with Crippen molar-refractivity contribution in [1.29, 1.82) is 0 Å². The highest BCUT2D eigenvalue weighted by Crippen LogP contribution is 2.25. The zero-order valence-corrected chi connectivity index (χ0v) is 15.8. The maximum Gasteiger partial charge on any atom is 0.0398 e. The summed E-state index contributed by atoms with van der Waals surface area (Å²) in [5.74, 6) is 0. The largest absolute Gasteiger partial charge is 0.368 e. The van der Waals surface area contributed by atoms with Gasteiger partial charge in [0.2, 0.25) is 0 Å². The van der Waals surface area contributed by atoms with E-state index < -0.39 is 0 Å². The van der Waals surface area contributed by atoms with Gasteiger partial charge in [0.05, 0.1) is 0 Å². The second kappa shape index (κ2) is 7.67. The first-order chi connectivity index (χ1) is 13.2. The molecule has 1 saturated heterocycles. The van der Waals surface area contributed by atoms with Crippen LogP contribution < -0.4 is 9.80 Å². The van der Waals surface area contributed by atoms with Crippen LogP contribution in [0.2, 0.25) is 0 Å². The SMILES string of the molecule is C=C(c1ccc(C)cc1)c1ccc(N2CCN(c3ccncc3)CC2)cc1. The number of hydrogen-bond donors (Lipinski definition) is 0. The highest BCUT2D eigenvalue weighted by Gasteiger charge is 2.17. The average Bonchev–Trinajstić information content (AvgIpc) is 2.75. The molecule has 0 atom stereocenters. The van der Waals surface area contributed by atoms with Gasteiger partial charge < -0.3 is 9.80 Å². The van der Waals surface area contributed by atoms with E-state index in [4.69, 9.17) is 0 Å². The third kappa shape index (κ3) is 3.87. The van der Waals surface area contributed by atoms with Crippen molar-refractivity contribution in [1.82, 2.24) is 4.98 Å². The Morgan fingerprint density at radius 3 is 1.67 bits per heavy atom. The van der Waals surface area contributed by atoms with E-state index in [0.29, 0.717) is 0 Å². The molecule has 4 rings (SSSR count). The summed E-state index contributed by atoms with van der Waals surface area (Å²) in [6.07, 6.45) is 3.72. The smallest absolute Gasteiger partial charge is 0.0398 e. The molecule has 1 aliphatic rings. The van der Waals surface area contributed by atoms with E-state index in [9.17, 15) is 0 Å². The molecule has 0 bridgehead atoms. The van der Waals surface area contributed by atoms with Gasteiger partial charge in [0.15, 0.2) is 0 Å². The second-order valence-corrected chi connectivity index (χ2v) is 7.07. The Balaban J connectivity index is 1.41. The Morgan fingerprint density at radius 1 is 0.704 bits per heavy atom. The summed E-state index contributed by atoms with van der Waals surface area (Å²) in [5, 5.41) is 0. The number of aryl methyl sites for hydroxylation is 1. The summed E-state index contributed by atoms with van der Waals surface area (Å²) in [6, 6.07) is 21.5. The Morgan fingerprint density at radius 2 is 1.15 bits per heavy atom. The number of benzene rings is 2. The standard InChI is InChI=1S/C24H25N3/c1-19-3-5-21(6-4-19)20(2)22-7-9-23(10-8-22)26-15-17-27(18-16-26)24-11-13-25-14-12-24/h3-14H,2,15-18H2,1H3. The van der Waals surface area contributed by atoms with Crippen LogP contribution in [0.1, 0.15) is 16.7 Å². The van der Waals surface area contributed by atoms with Gasteiger partial charge in [-0.2, -0.15) is 0 Å². The highest BCUT2D eigenvalue weighted by molar-refractivity contribution is 5.78. The summed E-state index contributed by atoms with van der Waals surface area (Å²) in [4.78, 5) is 8.98. The van der Waals surface area contributed by atoms with Gasteiger partial charge in [-0.1, -0.05) is 48.5 Å². The molecule has 0 unspecified atom stereocenters. The average molecular weight is 355 g/mol. The monoisotopic (exact) mass is 355 g/mol. The fourth-order valence-corrected chi connectivity index (χ4v) is 3.57. The molecule has 0 aliphatic carbocycles. The van der Waals surface area contributed by atoms with Crippen LogP contribution in [0.4, 0.5) is 11.4 Å². The minimum absolute atomic E-state index is 1.03. The lowest BCUT2D eigenvalue weighted by Gasteiger charge is -2.37. The van der Waals surface area contributed by atoms with Gasteiger partial charge in [-0.3, -0.25) is 4.98 Å². The summed E-state index contributed by atoms with van der Waals surface area (Å²) >= 11 is 0. The van der Waals surface area contributed by atoms with E-state index in [1.165, 1.54) is 28.1 Å². The number of aromatic nitrogens is 1. The van der Waals surface area contributed by atoms with Crippen molar-refractivity contribution in [2.24, 2.45) is 0 Å². The first-order valence-electron chi connectivity index (χ1n) is 9.47. The van der Waals surface area contributed by atoms with Gasteiger partial charge in [0, 0.05) is 49.9 Å². The third-order valence-electron chi connectivity index (χ3n) is 5.29. The topological polar surface area (TPSA) is 19.4 Å². The quantitative estimate of drug-likeness (QED) is 0.671. The maximum absolute atomic E-state index is 4.29. The first kappa shape index (κ1) is 17.3. The molecule has 0 radical (unpaired) electrons. The van der Waals surface area contributed by atoms with Crippen molar-refractivity contribution in [2.45, 2.75) is 6.92 Å². The van der Waals surface area contributed by atoms with Crippen LogP contribution >= 0.6 is 0 Å². The number of pyridine rings is 1. The maximum atomic E-state index is 4.29. The number of nitrogens with zero attached hydrogens (tertiary/aromatic N) is 3.